The maximum atomic E-state index is 13.6. The number of rotatable bonds is 5. The number of para-hydroxylation sites is 1. The highest BCUT2D eigenvalue weighted by Gasteiger charge is 2.17. The summed E-state index contributed by atoms with van der Waals surface area (Å²) in [5.74, 6) is -1.96. The van der Waals surface area contributed by atoms with Gasteiger partial charge in [-0.05, 0) is 29.8 Å². The van der Waals surface area contributed by atoms with Gasteiger partial charge in [0.1, 0.15) is 5.82 Å². The van der Waals surface area contributed by atoms with Crippen LogP contribution in [0, 0.1) is 17.1 Å². The number of nitriles is 1. The Hall–Kier alpha value is -3.98. The summed E-state index contributed by atoms with van der Waals surface area (Å²) in [6, 6.07) is 21.3. The maximum Gasteiger partial charge on any atom is 0.339 e. The first-order valence-corrected chi connectivity index (χ1v) is 8.40. The zero-order valence-corrected chi connectivity index (χ0v) is 14.7. The Morgan fingerprint density at radius 2 is 1.57 bits per heavy atom. The second-order valence-electron chi connectivity index (χ2n) is 5.81. The highest BCUT2D eigenvalue weighted by molar-refractivity contribution is 6.00. The third-order valence-electron chi connectivity index (χ3n) is 3.97. The van der Waals surface area contributed by atoms with Gasteiger partial charge in [-0.2, -0.15) is 5.26 Å². The van der Waals surface area contributed by atoms with Gasteiger partial charge in [0.05, 0.1) is 22.9 Å². The standard InChI is InChI=1S/C22H15FN2O3/c23-19-11-5-6-12-20(19)25-21(26)14-28-22(27)18-10-4-3-9-17(18)16-8-2-1-7-15(16)13-24/h1-12H,14H2,(H,25,26). The summed E-state index contributed by atoms with van der Waals surface area (Å²) in [6.07, 6.45) is 0. The van der Waals surface area contributed by atoms with E-state index in [1.807, 2.05) is 0 Å². The van der Waals surface area contributed by atoms with Crippen molar-refractivity contribution in [2.24, 2.45) is 0 Å². The number of hydrogen-bond acceptors (Lipinski definition) is 4. The van der Waals surface area contributed by atoms with E-state index < -0.39 is 24.3 Å². The second-order valence-corrected chi connectivity index (χ2v) is 5.81. The summed E-state index contributed by atoms with van der Waals surface area (Å²) < 4.78 is 18.7. The summed E-state index contributed by atoms with van der Waals surface area (Å²) in [4.78, 5) is 24.5. The number of hydrogen-bond donors (Lipinski definition) is 1. The van der Waals surface area contributed by atoms with Crippen LogP contribution in [0.4, 0.5) is 10.1 Å². The molecule has 3 rings (SSSR count). The lowest BCUT2D eigenvalue weighted by Crippen LogP contribution is -2.21. The SMILES string of the molecule is N#Cc1ccccc1-c1ccccc1C(=O)OCC(=O)Nc1ccccc1F. The first kappa shape index (κ1) is 18.8. The summed E-state index contributed by atoms with van der Waals surface area (Å²) in [7, 11) is 0. The molecular weight excluding hydrogens is 359 g/mol. The molecule has 138 valence electrons. The normalized spacial score (nSPS) is 10.0. The number of esters is 1. The molecule has 0 saturated heterocycles. The van der Waals surface area contributed by atoms with E-state index in [1.165, 1.54) is 18.2 Å². The number of carbonyl (C=O) groups is 2. The zero-order chi connectivity index (χ0) is 19.9. The van der Waals surface area contributed by atoms with Crippen LogP contribution in [0.1, 0.15) is 15.9 Å². The minimum Gasteiger partial charge on any atom is -0.452 e. The molecule has 0 atom stereocenters. The molecule has 0 saturated carbocycles. The third kappa shape index (κ3) is 4.22. The molecular formula is C22H15FN2O3. The Bertz CT molecular complexity index is 1070. The van der Waals surface area contributed by atoms with Gasteiger partial charge >= 0.3 is 5.97 Å². The molecule has 0 spiro atoms. The largest absolute Gasteiger partial charge is 0.452 e. The van der Waals surface area contributed by atoms with Crippen LogP contribution in [0.5, 0.6) is 0 Å². The molecule has 3 aromatic rings. The lowest BCUT2D eigenvalue weighted by molar-refractivity contribution is -0.119. The molecule has 0 unspecified atom stereocenters. The maximum absolute atomic E-state index is 13.6. The number of amides is 1. The Balaban J connectivity index is 1.74. The van der Waals surface area contributed by atoms with Crippen LogP contribution in [0.3, 0.4) is 0 Å². The van der Waals surface area contributed by atoms with E-state index in [0.29, 0.717) is 16.7 Å². The van der Waals surface area contributed by atoms with E-state index in [0.717, 1.165) is 0 Å². The fourth-order valence-corrected chi connectivity index (χ4v) is 2.67. The lowest BCUT2D eigenvalue weighted by atomic mass is 9.96. The van der Waals surface area contributed by atoms with E-state index in [4.69, 9.17) is 4.74 Å². The van der Waals surface area contributed by atoms with Gasteiger partial charge in [0, 0.05) is 5.56 Å². The molecule has 0 bridgehead atoms. The molecule has 0 radical (unpaired) electrons. The van der Waals surface area contributed by atoms with Crippen molar-refractivity contribution in [2.75, 3.05) is 11.9 Å². The predicted molar refractivity (Wildman–Crippen MR) is 102 cm³/mol. The van der Waals surface area contributed by atoms with E-state index in [2.05, 4.69) is 11.4 Å². The minimum absolute atomic E-state index is 0.00639. The van der Waals surface area contributed by atoms with Crippen molar-refractivity contribution in [3.63, 3.8) is 0 Å². The lowest BCUT2D eigenvalue weighted by Gasteiger charge is -2.11. The van der Waals surface area contributed by atoms with Gasteiger partial charge in [0.2, 0.25) is 0 Å². The van der Waals surface area contributed by atoms with Crippen LogP contribution in [-0.4, -0.2) is 18.5 Å². The number of carbonyl (C=O) groups excluding carboxylic acids is 2. The molecule has 28 heavy (non-hydrogen) atoms. The zero-order valence-electron chi connectivity index (χ0n) is 14.7. The molecule has 0 fully saturated rings. The number of ether oxygens (including phenoxy) is 1. The Labute approximate surface area is 161 Å². The van der Waals surface area contributed by atoms with Crippen molar-refractivity contribution in [3.8, 4) is 17.2 Å². The van der Waals surface area contributed by atoms with Gasteiger partial charge in [-0.3, -0.25) is 4.79 Å². The van der Waals surface area contributed by atoms with Crippen LogP contribution in [0.25, 0.3) is 11.1 Å². The number of nitrogens with one attached hydrogen (secondary N) is 1. The van der Waals surface area contributed by atoms with Crippen molar-refractivity contribution < 1.29 is 18.7 Å². The Kier molecular flexibility index (Phi) is 5.78. The van der Waals surface area contributed by atoms with Gasteiger partial charge in [-0.15, -0.1) is 0 Å². The number of nitrogens with zero attached hydrogens (tertiary/aromatic N) is 1. The molecule has 5 nitrogen and oxygen atoms in total. The van der Waals surface area contributed by atoms with Crippen LogP contribution >= 0.6 is 0 Å². The summed E-state index contributed by atoms with van der Waals surface area (Å²) >= 11 is 0. The van der Waals surface area contributed by atoms with Crippen molar-refractivity contribution in [3.05, 3.63) is 89.7 Å². The number of benzene rings is 3. The average Bonchev–Trinajstić information content (AvgIpc) is 2.73. The first-order valence-electron chi connectivity index (χ1n) is 8.40. The molecule has 0 aliphatic carbocycles. The third-order valence-corrected chi connectivity index (χ3v) is 3.97. The van der Waals surface area contributed by atoms with Crippen LogP contribution < -0.4 is 5.32 Å². The van der Waals surface area contributed by atoms with Crippen molar-refractivity contribution >= 4 is 17.6 Å². The highest BCUT2D eigenvalue weighted by atomic mass is 19.1. The van der Waals surface area contributed by atoms with Gasteiger partial charge < -0.3 is 10.1 Å². The van der Waals surface area contributed by atoms with E-state index in [-0.39, 0.29) is 11.3 Å². The van der Waals surface area contributed by atoms with Crippen LogP contribution in [-0.2, 0) is 9.53 Å². The van der Waals surface area contributed by atoms with Gasteiger partial charge in [0.15, 0.2) is 6.61 Å². The predicted octanol–water partition coefficient (Wildman–Crippen LogP) is 4.16. The molecule has 3 aromatic carbocycles. The molecule has 0 aliphatic heterocycles. The number of halogens is 1. The van der Waals surface area contributed by atoms with E-state index in [9.17, 15) is 19.2 Å². The fraction of sp³-hybridized carbons (Fsp3) is 0.0455. The van der Waals surface area contributed by atoms with Crippen molar-refractivity contribution in [1.82, 2.24) is 0 Å². The number of anilines is 1. The van der Waals surface area contributed by atoms with Crippen LogP contribution in [0.2, 0.25) is 0 Å². The molecule has 0 aliphatic rings. The van der Waals surface area contributed by atoms with Crippen molar-refractivity contribution in [1.29, 1.82) is 5.26 Å². The minimum atomic E-state index is -0.716. The van der Waals surface area contributed by atoms with Gasteiger partial charge in [-0.25, -0.2) is 9.18 Å². The van der Waals surface area contributed by atoms with Crippen LogP contribution in [0.15, 0.2) is 72.8 Å². The van der Waals surface area contributed by atoms with E-state index >= 15 is 0 Å². The molecule has 1 amide bonds. The summed E-state index contributed by atoms with van der Waals surface area (Å²) in [5.41, 5.74) is 1.77. The topological polar surface area (TPSA) is 79.2 Å². The summed E-state index contributed by atoms with van der Waals surface area (Å²) in [6.45, 7) is -0.568. The Morgan fingerprint density at radius 1 is 0.929 bits per heavy atom. The van der Waals surface area contributed by atoms with Gasteiger partial charge in [0.25, 0.3) is 5.91 Å². The average molecular weight is 374 g/mol. The fourth-order valence-electron chi connectivity index (χ4n) is 2.67. The van der Waals surface area contributed by atoms with Gasteiger partial charge in [-0.1, -0.05) is 48.5 Å². The monoisotopic (exact) mass is 374 g/mol. The first-order chi connectivity index (χ1) is 13.6. The molecule has 0 heterocycles. The Morgan fingerprint density at radius 3 is 2.32 bits per heavy atom. The molecule has 0 aromatic heterocycles. The quantitative estimate of drug-likeness (QED) is 0.680. The molecule has 1 N–H and O–H groups in total. The highest BCUT2D eigenvalue weighted by Crippen LogP contribution is 2.27. The van der Waals surface area contributed by atoms with Crippen molar-refractivity contribution in [2.45, 2.75) is 0 Å². The molecule has 6 heteroatoms. The summed E-state index contributed by atoms with van der Waals surface area (Å²) in [5, 5.41) is 11.6. The van der Waals surface area contributed by atoms with E-state index in [1.54, 1.807) is 54.6 Å². The second kappa shape index (κ2) is 8.60. The smallest absolute Gasteiger partial charge is 0.339 e.